The zero-order valence-electron chi connectivity index (χ0n) is 23.2. The summed E-state index contributed by atoms with van der Waals surface area (Å²) in [5, 5.41) is 37.2. The van der Waals surface area contributed by atoms with E-state index in [4.69, 9.17) is 41.5 Å². The van der Waals surface area contributed by atoms with Crippen molar-refractivity contribution in [2.75, 3.05) is 26.8 Å². The number of ether oxygens (including phenoxy) is 2. The number of aryl methyl sites for hydroxylation is 1. The highest BCUT2D eigenvalue weighted by Gasteiger charge is 2.51. The van der Waals surface area contributed by atoms with E-state index in [0.29, 0.717) is 28.7 Å². The Bertz CT molecular complexity index is 1440. The number of carboxylic acids is 2. The smallest absolute Gasteiger partial charge is 0.335 e. The van der Waals surface area contributed by atoms with Gasteiger partial charge in [0.05, 0.1) is 16.6 Å². The van der Waals surface area contributed by atoms with Crippen molar-refractivity contribution >= 4 is 34.9 Å². The minimum absolute atomic E-state index is 0.0385. The number of aliphatic hydroxyl groups is 2. The first-order valence-corrected chi connectivity index (χ1v) is 14.3. The fraction of sp³-hybridized carbons (Fsp3) is 0.481. The molecule has 5 heterocycles. The summed E-state index contributed by atoms with van der Waals surface area (Å²) >= 11 is 7.34. The Morgan fingerprint density at radius 3 is 2.44 bits per heavy atom. The number of hydrogen-bond acceptors (Lipinski definition) is 10. The van der Waals surface area contributed by atoms with Gasteiger partial charge in [0.25, 0.3) is 5.92 Å². The number of aliphatic carboxylic acids is 2. The highest BCUT2D eigenvalue weighted by molar-refractivity contribution is 7.16. The third-order valence-electron chi connectivity index (χ3n) is 7.29. The molecular formula is C27H31ClF2N4O8S. The van der Waals surface area contributed by atoms with Crippen LogP contribution in [-0.2, 0) is 43.7 Å². The average Bonchev–Trinajstić information content (AvgIpc) is 3.55. The Labute approximate surface area is 254 Å². The number of rotatable bonds is 8. The lowest BCUT2D eigenvalue weighted by molar-refractivity contribution is -0.182. The molecule has 3 aromatic heterocycles. The Morgan fingerprint density at radius 2 is 1.84 bits per heavy atom. The van der Waals surface area contributed by atoms with Gasteiger partial charge in [0.2, 0.25) is 0 Å². The molecule has 2 atom stereocenters. The van der Waals surface area contributed by atoms with Crippen LogP contribution in [0.1, 0.15) is 40.1 Å². The SMILES string of the molecule is COCc1cccnc1-n1cc(CN2CCC3(CC2)OCC(F)(F)c2cc(Cl)sc23)c(C)n1.O=C(O)[C@H](O)[C@@H](O)C(=O)O. The number of methoxy groups -OCH3 is 1. The van der Waals surface area contributed by atoms with Gasteiger partial charge < -0.3 is 29.9 Å². The first-order valence-electron chi connectivity index (χ1n) is 13.1. The molecule has 16 heteroatoms. The largest absolute Gasteiger partial charge is 0.479 e. The van der Waals surface area contributed by atoms with Crippen LogP contribution in [0.5, 0.6) is 0 Å². The number of piperidine rings is 1. The van der Waals surface area contributed by atoms with Crippen LogP contribution < -0.4 is 0 Å². The molecule has 234 valence electrons. The van der Waals surface area contributed by atoms with Crippen molar-refractivity contribution in [3.05, 3.63) is 62.2 Å². The first-order chi connectivity index (χ1) is 20.3. The second-order valence-electron chi connectivity index (χ2n) is 10.2. The van der Waals surface area contributed by atoms with E-state index in [2.05, 4.69) is 15.0 Å². The molecule has 0 saturated carbocycles. The van der Waals surface area contributed by atoms with Gasteiger partial charge in [-0.1, -0.05) is 17.7 Å². The second-order valence-corrected chi connectivity index (χ2v) is 11.9. The van der Waals surface area contributed by atoms with Gasteiger partial charge in [-0.3, -0.25) is 4.90 Å². The molecule has 1 fully saturated rings. The molecule has 1 saturated heterocycles. The van der Waals surface area contributed by atoms with Gasteiger partial charge in [-0.25, -0.2) is 19.3 Å². The molecule has 0 aromatic carbocycles. The number of nitrogens with zero attached hydrogens (tertiary/aromatic N) is 4. The molecule has 0 unspecified atom stereocenters. The van der Waals surface area contributed by atoms with E-state index in [0.717, 1.165) is 42.3 Å². The highest BCUT2D eigenvalue weighted by Crippen LogP contribution is 2.52. The van der Waals surface area contributed by atoms with Crippen molar-refractivity contribution in [3.63, 3.8) is 0 Å². The lowest BCUT2D eigenvalue weighted by atomic mass is 9.84. The molecule has 1 spiro atoms. The molecule has 2 aliphatic heterocycles. The highest BCUT2D eigenvalue weighted by atomic mass is 35.5. The normalized spacial score (nSPS) is 18.8. The second kappa shape index (κ2) is 13.3. The Balaban J connectivity index is 0.000000365. The van der Waals surface area contributed by atoms with Crippen LogP contribution in [0.3, 0.4) is 0 Å². The summed E-state index contributed by atoms with van der Waals surface area (Å²) in [4.78, 5) is 26.9. The minimum atomic E-state index is -2.99. The number of carbonyl (C=O) groups is 2. The van der Waals surface area contributed by atoms with Crippen LogP contribution in [0.25, 0.3) is 5.82 Å². The van der Waals surface area contributed by atoms with Crippen molar-refractivity contribution in [3.8, 4) is 5.82 Å². The Kier molecular flexibility index (Phi) is 10.2. The van der Waals surface area contributed by atoms with E-state index in [9.17, 15) is 18.4 Å². The van der Waals surface area contributed by atoms with Crippen LogP contribution in [-0.4, -0.2) is 91.0 Å². The number of alkyl halides is 2. The predicted molar refractivity (Wildman–Crippen MR) is 149 cm³/mol. The van der Waals surface area contributed by atoms with Crippen LogP contribution in [0.2, 0.25) is 4.34 Å². The molecule has 43 heavy (non-hydrogen) atoms. The minimum Gasteiger partial charge on any atom is -0.479 e. The third-order valence-corrected chi connectivity index (χ3v) is 8.74. The fourth-order valence-electron chi connectivity index (χ4n) is 4.96. The molecule has 4 N–H and O–H groups in total. The summed E-state index contributed by atoms with van der Waals surface area (Å²) in [6.07, 6.45) is 0.524. The van der Waals surface area contributed by atoms with E-state index in [1.54, 1.807) is 18.0 Å². The maximum absolute atomic E-state index is 14.4. The van der Waals surface area contributed by atoms with E-state index in [-0.39, 0.29) is 5.56 Å². The molecule has 0 amide bonds. The molecule has 5 rings (SSSR count). The summed E-state index contributed by atoms with van der Waals surface area (Å²) in [7, 11) is 1.66. The predicted octanol–water partition coefficient (Wildman–Crippen LogP) is 2.93. The number of aliphatic hydroxyl groups excluding tert-OH is 2. The van der Waals surface area contributed by atoms with Gasteiger partial charge in [-0.15, -0.1) is 11.3 Å². The number of fused-ring (bicyclic) bond motifs is 2. The summed E-state index contributed by atoms with van der Waals surface area (Å²) in [6, 6.07) is 5.27. The fourth-order valence-corrected chi connectivity index (χ4v) is 6.44. The standard InChI is InChI=1S/C23H25ClF2N4O2S.C4H6O6/c1-15-17(12-30(28-15)21-16(13-31-2)4-3-7-27-21)11-29-8-5-22(6-9-29)20-18(10-19(24)33-20)23(25,26)14-32-22;5-1(3(7)8)2(6)4(9)10/h3-4,7,10,12H,5-6,8-9,11,13-14H2,1-2H3;1-2,5-6H,(H,7,8)(H,9,10)/t;1-,2-/m.1/s1. The van der Waals surface area contributed by atoms with Gasteiger partial charge in [0, 0.05) is 60.7 Å². The van der Waals surface area contributed by atoms with Gasteiger partial charge in [-0.05, 0) is 31.9 Å². The summed E-state index contributed by atoms with van der Waals surface area (Å²) in [5.74, 6) is -5.77. The van der Waals surface area contributed by atoms with Crippen LogP contribution in [0.4, 0.5) is 8.78 Å². The Morgan fingerprint density at radius 1 is 1.19 bits per heavy atom. The number of likely N-dealkylation sites (tertiary alicyclic amines) is 1. The molecule has 0 aliphatic carbocycles. The number of thiophene rings is 1. The van der Waals surface area contributed by atoms with Crippen molar-refractivity contribution in [2.24, 2.45) is 0 Å². The number of carboxylic acid groups (broad SMARTS) is 2. The first kappa shape index (κ1) is 32.9. The van der Waals surface area contributed by atoms with Crippen molar-refractivity contribution in [1.82, 2.24) is 19.7 Å². The zero-order chi connectivity index (χ0) is 31.5. The molecular weight excluding hydrogens is 614 g/mol. The maximum atomic E-state index is 14.4. The number of halogens is 3. The van der Waals surface area contributed by atoms with E-state index in [1.165, 1.54) is 17.4 Å². The van der Waals surface area contributed by atoms with Crippen molar-refractivity contribution in [1.29, 1.82) is 0 Å². The van der Waals surface area contributed by atoms with Gasteiger partial charge in [0.1, 0.15) is 12.2 Å². The van der Waals surface area contributed by atoms with Gasteiger partial charge in [0.15, 0.2) is 18.0 Å². The summed E-state index contributed by atoms with van der Waals surface area (Å²) < 4.78 is 42.0. The number of hydrogen-bond donors (Lipinski definition) is 4. The van der Waals surface area contributed by atoms with Crippen molar-refractivity contribution in [2.45, 2.75) is 56.6 Å². The molecule has 0 radical (unpaired) electrons. The van der Waals surface area contributed by atoms with Gasteiger partial charge >= 0.3 is 11.9 Å². The lowest BCUT2D eigenvalue weighted by Crippen LogP contribution is -2.48. The van der Waals surface area contributed by atoms with E-state index >= 15 is 0 Å². The molecule has 3 aromatic rings. The topological polar surface area (TPSA) is 167 Å². The monoisotopic (exact) mass is 644 g/mol. The molecule has 0 bridgehead atoms. The van der Waals surface area contributed by atoms with Crippen molar-refractivity contribution < 1.29 is 48.3 Å². The Hall–Kier alpha value is -3.05. The van der Waals surface area contributed by atoms with E-state index < -0.39 is 42.3 Å². The number of pyridine rings is 1. The maximum Gasteiger partial charge on any atom is 0.335 e. The zero-order valence-corrected chi connectivity index (χ0v) is 24.8. The summed E-state index contributed by atoms with van der Waals surface area (Å²) in [5.41, 5.74) is 2.37. The van der Waals surface area contributed by atoms with Crippen LogP contribution >= 0.6 is 22.9 Å². The van der Waals surface area contributed by atoms with E-state index in [1.807, 2.05) is 25.3 Å². The average molecular weight is 645 g/mol. The number of aromatic nitrogens is 3. The molecule has 12 nitrogen and oxygen atoms in total. The summed E-state index contributed by atoms with van der Waals surface area (Å²) in [6.45, 7) is 4.06. The molecule has 2 aliphatic rings. The lowest BCUT2D eigenvalue weighted by Gasteiger charge is -2.45. The van der Waals surface area contributed by atoms with Gasteiger partial charge in [-0.2, -0.15) is 13.9 Å². The third kappa shape index (κ3) is 7.20. The van der Waals surface area contributed by atoms with Crippen LogP contribution in [0.15, 0.2) is 30.6 Å². The quantitative estimate of drug-likeness (QED) is 0.285. The van der Waals surface area contributed by atoms with Crippen LogP contribution in [0, 0.1) is 6.92 Å².